The van der Waals surface area contributed by atoms with Crippen LogP contribution in [-0.2, 0) is 9.59 Å². The second-order valence-electron chi connectivity index (χ2n) is 6.56. The number of hydrogen-bond acceptors (Lipinski definition) is 4. The van der Waals surface area contributed by atoms with Gasteiger partial charge in [0.25, 0.3) is 11.7 Å². The number of amides is 1. The molecule has 1 aliphatic rings. The summed E-state index contributed by atoms with van der Waals surface area (Å²) < 4.78 is 0.906. The molecule has 6 heteroatoms. The summed E-state index contributed by atoms with van der Waals surface area (Å²) in [5.74, 6) is -1.42. The van der Waals surface area contributed by atoms with Crippen molar-refractivity contribution in [2.24, 2.45) is 0 Å². The van der Waals surface area contributed by atoms with Crippen molar-refractivity contribution in [3.05, 3.63) is 69.5 Å². The van der Waals surface area contributed by atoms with E-state index in [1.54, 1.807) is 30.5 Å². The van der Waals surface area contributed by atoms with Crippen molar-refractivity contribution in [1.82, 2.24) is 9.88 Å². The average molecular weight is 429 g/mol. The minimum absolute atomic E-state index is 0.0940. The quantitative estimate of drug-likeness (QED) is 0.435. The van der Waals surface area contributed by atoms with Gasteiger partial charge < -0.3 is 10.0 Å². The second kappa shape index (κ2) is 8.05. The summed E-state index contributed by atoms with van der Waals surface area (Å²) in [6.07, 6.45) is 3.29. The third-order valence-electron chi connectivity index (χ3n) is 4.69. The molecule has 1 aliphatic heterocycles. The number of aliphatic hydroxyl groups is 1. The van der Waals surface area contributed by atoms with Crippen LogP contribution in [0, 0.1) is 6.92 Å². The minimum atomic E-state index is -0.679. The molecule has 1 amide bonds. The van der Waals surface area contributed by atoms with Crippen LogP contribution in [0.25, 0.3) is 5.76 Å². The zero-order valence-electron chi connectivity index (χ0n) is 15.3. The molecule has 0 spiro atoms. The summed E-state index contributed by atoms with van der Waals surface area (Å²) in [6.45, 7) is 4.37. The summed E-state index contributed by atoms with van der Waals surface area (Å²) in [7, 11) is 0. The Labute approximate surface area is 166 Å². The lowest BCUT2D eigenvalue weighted by Gasteiger charge is -2.24. The Hall–Kier alpha value is -2.47. The first kappa shape index (κ1) is 19.3. The molecule has 3 rings (SSSR count). The molecule has 1 N–H and O–H groups in total. The standard InChI is InChI=1S/C21H21BrN2O3/c1-3-4-11-24-18(16-7-5-6-10-23-16)17(20(26)21(24)27)19(25)14-8-9-15(22)13(2)12-14/h5-10,12,18,25H,3-4,11H2,1-2H3/b19-17-. The molecule has 140 valence electrons. The molecular weight excluding hydrogens is 408 g/mol. The molecule has 0 radical (unpaired) electrons. The van der Waals surface area contributed by atoms with Gasteiger partial charge in [-0.2, -0.15) is 0 Å². The summed E-state index contributed by atoms with van der Waals surface area (Å²) in [6, 6.07) is 10.0. The van der Waals surface area contributed by atoms with Crippen molar-refractivity contribution in [1.29, 1.82) is 0 Å². The Morgan fingerprint density at radius 1 is 1.26 bits per heavy atom. The maximum absolute atomic E-state index is 12.8. The molecule has 1 atom stereocenters. The monoisotopic (exact) mass is 428 g/mol. The first-order valence-electron chi connectivity index (χ1n) is 8.91. The minimum Gasteiger partial charge on any atom is -0.507 e. The molecule has 2 heterocycles. The fourth-order valence-corrected chi connectivity index (χ4v) is 3.48. The van der Waals surface area contributed by atoms with Crippen LogP contribution < -0.4 is 0 Å². The zero-order valence-corrected chi connectivity index (χ0v) is 16.9. The van der Waals surface area contributed by atoms with Gasteiger partial charge in [0.1, 0.15) is 11.8 Å². The van der Waals surface area contributed by atoms with Crippen molar-refractivity contribution >= 4 is 33.4 Å². The Bertz CT molecular complexity index is 909. The average Bonchev–Trinajstić information content (AvgIpc) is 2.93. The van der Waals surface area contributed by atoms with Crippen molar-refractivity contribution in [2.75, 3.05) is 6.54 Å². The predicted molar refractivity (Wildman–Crippen MR) is 107 cm³/mol. The molecule has 1 fully saturated rings. The normalized spacial score (nSPS) is 18.9. The number of carbonyl (C=O) groups is 2. The largest absolute Gasteiger partial charge is 0.507 e. The van der Waals surface area contributed by atoms with Crippen LogP contribution in [0.5, 0.6) is 0 Å². The van der Waals surface area contributed by atoms with E-state index in [0.717, 1.165) is 22.9 Å². The summed E-state index contributed by atoms with van der Waals surface area (Å²) in [4.78, 5) is 31.3. The lowest BCUT2D eigenvalue weighted by molar-refractivity contribution is -0.140. The van der Waals surface area contributed by atoms with Crippen molar-refractivity contribution < 1.29 is 14.7 Å². The number of aliphatic hydroxyl groups excluding tert-OH is 1. The lowest BCUT2D eigenvalue weighted by Crippen LogP contribution is -2.31. The predicted octanol–water partition coefficient (Wildman–Crippen LogP) is 4.37. The maximum atomic E-state index is 12.8. The molecule has 1 aromatic heterocycles. The topological polar surface area (TPSA) is 70.5 Å². The number of ketones is 1. The highest BCUT2D eigenvalue weighted by molar-refractivity contribution is 9.10. The van der Waals surface area contributed by atoms with E-state index in [0.29, 0.717) is 17.8 Å². The molecule has 5 nitrogen and oxygen atoms in total. The number of Topliss-reactive ketones (excluding diaryl/α,β-unsaturated/α-hetero) is 1. The SMILES string of the molecule is CCCCN1C(=O)C(=O)/C(=C(\O)c2ccc(Br)c(C)c2)C1c1ccccn1. The highest BCUT2D eigenvalue weighted by Gasteiger charge is 2.46. The van der Waals surface area contributed by atoms with Gasteiger partial charge in [-0.25, -0.2) is 0 Å². The highest BCUT2D eigenvalue weighted by Crippen LogP contribution is 2.39. The molecule has 27 heavy (non-hydrogen) atoms. The molecule has 0 bridgehead atoms. The number of pyridine rings is 1. The van der Waals surface area contributed by atoms with Gasteiger partial charge in [0.05, 0.1) is 11.3 Å². The van der Waals surface area contributed by atoms with E-state index in [1.807, 2.05) is 26.0 Å². The molecular formula is C21H21BrN2O3. The van der Waals surface area contributed by atoms with Crippen molar-refractivity contribution in [3.8, 4) is 0 Å². The van der Waals surface area contributed by atoms with E-state index < -0.39 is 17.7 Å². The molecule has 1 aromatic carbocycles. The summed E-state index contributed by atoms with van der Waals surface area (Å²) in [5, 5.41) is 10.9. The van der Waals surface area contributed by atoms with E-state index in [4.69, 9.17) is 0 Å². The lowest BCUT2D eigenvalue weighted by atomic mass is 9.97. The Morgan fingerprint density at radius 3 is 2.67 bits per heavy atom. The Balaban J connectivity index is 2.16. The van der Waals surface area contributed by atoms with Crippen LogP contribution in [0.3, 0.4) is 0 Å². The maximum Gasteiger partial charge on any atom is 0.295 e. The van der Waals surface area contributed by atoms with Crippen molar-refractivity contribution in [2.45, 2.75) is 32.7 Å². The second-order valence-corrected chi connectivity index (χ2v) is 7.42. The molecule has 2 aromatic rings. The smallest absolute Gasteiger partial charge is 0.295 e. The summed E-state index contributed by atoms with van der Waals surface area (Å²) >= 11 is 3.43. The fraction of sp³-hybridized carbons (Fsp3) is 0.286. The van der Waals surface area contributed by atoms with E-state index in [-0.39, 0.29) is 11.3 Å². The van der Waals surface area contributed by atoms with Crippen LogP contribution in [0.2, 0.25) is 0 Å². The van der Waals surface area contributed by atoms with E-state index in [9.17, 15) is 14.7 Å². The number of rotatable bonds is 5. The fourth-order valence-electron chi connectivity index (χ4n) is 3.23. The van der Waals surface area contributed by atoms with Gasteiger partial charge in [0.2, 0.25) is 0 Å². The number of aryl methyl sites for hydroxylation is 1. The van der Waals surface area contributed by atoms with Gasteiger partial charge in [0, 0.05) is 22.8 Å². The first-order valence-corrected chi connectivity index (χ1v) is 9.70. The van der Waals surface area contributed by atoms with Crippen LogP contribution >= 0.6 is 15.9 Å². The number of benzene rings is 1. The van der Waals surface area contributed by atoms with Crippen LogP contribution in [0.15, 0.2) is 52.6 Å². The van der Waals surface area contributed by atoms with Gasteiger partial charge >= 0.3 is 0 Å². The van der Waals surface area contributed by atoms with Gasteiger partial charge in [0.15, 0.2) is 0 Å². The van der Waals surface area contributed by atoms with E-state index >= 15 is 0 Å². The summed E-state index contributed by atoms with van der Waals surface area (Å²) in [5.41, 5.74) is 2.10. The van der Waals surface area contributed by atoms with Crippen LogP contribution in [0.4, 0.5) is 0 Å². The number of aromatic nitrogens is 1. The third kappa shape index (κ3) is 3.67. The third-order valence-corrected chi connectivity index (χ3v) is 5.58. The van der Waals surface area contributed by atoms with Gasteiger partial charge in [-0.15, -0.1) is 0 Å². The Kier molecular flexibility index (Phi) is 5.75. The number of halogens is 1. The number of carbonyl (C=O) groups excluding carboxylic acids is 2. The van der Waals surface area contributed by atoms with Gasteiger partial charge in [-0.1, -0.05) is 41.4 Å². The molecule has 0 aliphatic carbocycles. The number of hydrogen-bond donors (Lipinski definition) is 1. The van der Waals surface area contributed by atoms with Gasteiger partial charge in [-0.05, 0) is 43.2 Å². The van der Waals surface area contributed by atoms with Crippen LogP contribution in [0.1, 0.15) is 42.6 Å². The molecule has 1 saturated heterocycles. The number of unbranched alkanes of at least 4 members (excludes halogenated alkanes) is 1. The van der Waals surface area contributed by atoms with E-state index in [2.05, 4.69) is 20.9 Å². The van der Waals surface area contributed by atoms with Crippen molar-refractivity contribution in [3.63, 3.8) is 0 Å². The Morgan fingerprint density at radius 2 is 2.04 bits per heavy atom. The number of likely N-dealkylation sites (tertiary alicyclic amines) is 1. The number of nitrogens with zero attached hydrogens (tertiary/aromatic N) is 2. The first-order chi connectivity index (χ1) is 13.0. The van der Waals surface area contributed by atoms with Gasteiger partial charge in [-0.3, -0.25) is 14.6 Å². The molecule has 0 saturated carbocycles. The zero-order chi connectivity index (χ0) is 19.6. The van der Waals surface area contributed by atoms with E-state index in [1.165, 1.54) is 4.90 Å². The molecule has 1 unspecified atom stereocenters. The van der Waals surface area contributed by atoms with Crippen LogP contribution in [-0.4, -0.2) is 33.2 Å². The highest BCUT2D eigenvalue weighted by atomic mass is 79.9.